The van der Waals surface area contributed by atoms with Crippen molar-refractivity contribution in [2.45, 2.75) is 32.7 Å². The summed E-state index contributed by atoms with van der Waals surface area (Å²) in [7, 11) is 1.81. The third-order valence-corrected chi connectivity index (χ3v) is 2.76. The van der Waals surface area contributed by atoms with E-state index < -0.39 is 0 Å². The molecule has 1 amide bonds. The van der Waals surface area contributed by atoms with Crippen molar-refractivity contribution in [3.63, 3.8) is 0 Å². The van der Waals surface area contributed by atoms with Crippen LogP contribution in [0.4, 0.5) is 0 Å². The molecular weight excluding hydrogens is 226 g/mol. The maximum Gasteiger partial charge on any atom is 0.254 e. The van der Waals surface area contributed by atoms with Gasteiger partial charge in [0.15, 0.2) is 0 Å². The van der Waals surface area contributed by atoms with Crippen LogP contribution in [-0.2, 0) is 7.05 Å². The van der Waals surface area contributed by atoms with Gasteiger partial charge in [0.05, 0.1) is 11.3 Å². The molecule has 0 aliphatic carbocycles. The fraction of sp³-hybridized carbons (Fsp3) is 0.636. The standard InChI is InChI=1S/C11H18ClN3O/c1-4-9(5-6-12)13-11(16)10-7-15(3)14-8(10)2/h7,9H,4-6H2,1-3H3,(H,13,16). The van der Waals surface area contributed by atoms with Crippen LogP contribution in [0.2, 0.25) is 0 Å². The van der Waals surface area contributed by atoms with Crippen LogP contribution in [0.15, 0.2) is 6.20 Å². The van der Waals surface area contributed by atoms with Crippen molar-refractivity contribution in [3.8, 4) is 0 Å². The minimum atomic E-state index is -0.0671. The van der Waals surface area contributed by atoms with Crippen molar-refractivity contribution in [2.24, 2.45) is 7.05 Å². The topological polar surface area (TPSA) is 46.9 Å². The van der Waals surface area contributed by atoms with Gasteiger partial charge in [-0.25, -0.2) is 0 Å². The largest absolute Gasteiger partial charge is 0.349 e. The molecule has 90 valence electrons. The fourth-order valence-corrected chi connectivity index (χ4v) is 1.86. The minimum Gasteiger partial charge on any atom is -0.349 e. The second kappa shape index (κ2) is 5.89. The molecule has 1 atom stereocenters. The van der Waals surface area contributed by atoms with Crippen molar-refractivity contribution < 1.29 is 4.79 Å². The minimum absolute atomic E-state index is 0.0671. The van der Waals surface area contributed by atoms with E-state index in [4.69, 9.17) is 11.6 Å². The molecule has 0 aliphatic rings. The van der Waals surface area contributed by atoms with Gasteiger partial charge in [-0.05, 0) is 19.8 Å². The third-order valence-electron chi connectivity index (χ3n) is 2.54. The van der Waals surface area contributed by atoms with Gasteiger partial charge in [0.25, 0.3) is 5.91 Å². The van der Waals surface area contributed by atoms with Gasteiger partial charge in [-0.1, -0.05) is 6.92 Å². The Labute approximate surface area is 101 Å². The number of carbonyl (C=O) groups excluding carboxylic acids is 1. The van der Waals surface area contributed by atoms with Crippen LogP contribution in [0, 0.1) is 6.92 Å². The summed E-state index contributed by atoms with van der Waals surface area (Å²) in [5.74, 6) is 0.493. The first-order valence-corrected chi connectivity index (χ1v) is 5.99. The van der Waals surface area contributed by atoms with Crippen LogP contribution in [0.5, 0.6) is 0 Å². The summed E-state index contributed by atoms with van der Waals surface area (Å²) < 4.78 is 1.65. The summed E-state index contributed by atoms with van der Waals surface area (Å²) in [6, 6.07) is 0.143. The molecule has 4 nitrogen and oxygen atoms in total. The van der Waals surface area contributed by atoms with Gasteiger partial charge in [0, 0.05) is 25.2 Å². The molecule has 0 saturated heterocycles. The number of alkyl halides is 1. The van der Waals surface area contributed by atoms with Gasteiger partial charge < -0.3 is 5.32 Å². The Morgan fingerprint density at radius 1 is 1.69 bits per heavy atom. The Balaban J connectivity index is 2.67. The van der Waals surface area contributed by atoms with Gasteiger partial charge in [-0.2, -0.15) is 5.10 Å². The highest BCUT2D eigenvalue weighted by Gasteiger charge is 2.15. The third kappa shape index (κ3) is 3.23. The second-order valence-electron chi connectivity index (χ2n) is 3.86. The zero-order chi connectivity index (χ0) is 12.1. The fourth-order valence-electron chi connectivity index (χ4n) is 1.60. The van der Waals surface area contributed by atoms with Crippen LogP contribution in [0.3, 0.4) is 0 Å². The lowest BCUT2D eigenvalue weighted by Crippen LogP contribution is -2.34. The highest BCUT2D eigenvalue weighted by molar-refractivity contribution is 6.17. The Kier molecular flexibility index (Phi) is 4.80. The van der Waals surface area contributed by atoms with E-state index in [9.17, 15) is 4.79 Å². The number of rotatable bonds is 5. The SMILES string of the molecule is CCC(CCCl)NC(=O)c1cn(C)nc1C. The maximum atomic E-state index is 11.9. The number of amides is 1. The van der Waals surface area contributed by atoms with Crippen LogP contribution >= 0.6 is 11.6 Å². The van der Waals surface area contributed by atoms with Crippen molar-refractivity contribution in [2.75, 3.05) is 5.88 Å². The number of halogens is 1. The summed E-state index contributed by atoms with van der Waals surface area (Å²) in [6.07, 6.45) is 3.42. The molecule has 0 fully saturated rings. The summed E-state index contributed by atoms with van der Waals surface area (Å²) in [5, 5.41) is 7.10. The van der Waals surface area contributed by atoms with E-state index in [1.54, 1.807) is 17.9 Å². The maximum absolute atomic E-state index is 11.9. The van der Waals surface area contributed by atoms with E-state index in [1.807, 2.05) is 13.8 Å². The van der Waals surface area contributed by atoms with Crippen LogP contribution in [-0.4, -0.2) is 27.6 Å². The molecule has 0 aliphatic heterocycles. The molecule has 1 aromatic rings. The molecule has 1 N–H and O–H groups in total. The number of nitrogens with one attached hydrogen (secondary N) is 1. The smallest absolute Gasteiger partial charge is 0.254 e. The van der Waals surface area contributed by atoms with Gasteiger partial charge >= 0.3 is 0 Å². The zero-order valence-corrected chi connectivity index (χ0v) is 10.7. The van der Waals surface area contributed by atoms with Crippen molar-refractivity contribution in [1.82, 2.24) is 15.1 Å². The zero-order valence-electron chi connectivity index (χ0n) is 9.96. The number of aryl methyl sites for hydroxylation is 2. The monoisotopic (exact) mass is 243 g/mol. The number of nitrogens with zero attached hydrogens (tertiary/aromatic N) is 2. The summed E-state index contributed by atoms with van der Waals surface area (Å²) >= 11 is 5.67. The molecule has 1 heterocycles. The molecule has 1 rings (SSSR count). The van der Waals surface area contributed by atoms with Crippen LogP contribution in [0.25, 0.3) is 0 Å². The van der Waals surface area contributed by atoms with Gasteiger partial charge in [-0.3, -0.25) is 9.48 Å². The van der Waals surface area contributed by atoms with Gasteiger partial charge in [0.2, 0.25) is 0 Å². The summed E-state index contributed by atoms with van der Waals surface area (Å²) in [6.45, 7) is 3.87. The average molecular weight is 244 g/mol. The van der Waals surface area contributed by atoms with Gasteiger partial charge in [-0.15, -0.1) is 11.6 Å². The summed E-state index contributed by atoms with van der Waals surface area (Å²) in [5.41, 5.74) is 1.39. The molecule has 1 unspecified atom stereocenters. The number of aromatic nitrogens is 2. The molecule has 0 saturated carbocycles. The normalized spacial score (nSPS) is 12.5. The van der Waals surface area contributed by atoms with Crippen molar-refractivity contribution in [3.05, 3.63) is 17.5 Å². The van der Waals surface area contributed by atoms with E-state index in [-0.39, 0.29) is 11.9 Å². The first-order chi connectivity index (χ1) is 7.58. The van der Waals surface area contributed by atoms with E-state index in [1.165, 1.54) is 0 Å². The predicted octanol–water partition coefficient (Wildman–Crippen LogP) is 1.87. The molecule has 0 radical (unpaired) electrons. The van der Waals surface area contributed by atoms with Crippen molar-refractivity contribution in [1.29, 1.82) is 0 Å². The van der Waals surface area contributed by atoms with Crippen LogP contribution in [0.1, 0.15) is 35.8 Å². The number of hydrogen-bond donors (Lipinski definition) is 1. The Hall–Kier alpha value is -1.03. The van der Waals surface area contributed by atoms with Gasteiger partial charge in [0.1, 0.15) is 0 Å². The quantitative estimate of drug-likeness (QED) is 0.803. The van der Waals surface area contributed by atoms with E-state index >= 15 is 0 Å². The Morgan fingerprint density at radius 2 is 2.38 bits per heavy atom. The number of hydrogen-bond acceptors (Lipinski definition) is 2. The molecule has 5 heteroatoms. The first kappa shape index (κ1) is 13.0. The molecule has 1 aromatic heterocycles. The van der Waals surface area contributed by atoms with E-state index in [2.05, 4.69) is 10.4 Å². The molecule has 16 heavy (non-hydrogen) atoms. The second-order valence-corrected chi connectivity index (χ2v) is 4.24. The number of carbonyl (C=O) groups is 1. The highest BCUT2D eigenvalue weighted by Crippen LogP contribution is 2.07. The first-order valence-electron chi connectivity index (χ1n) is 5.45. The van der Waals surface area contributed by atoms with Crippen LogP contribution < -0.4 is 5.32 Å². The summed E-state index contributed by atoms with van der Waals surface area (Å²) in [4.78, 5) is 11.9. The Morgan fingerprint density at radius 3 is 2.81 bits per heavy atom. The van der Waals surface area contributed by atoms with E-state index in [0.29, 0.717) is 11.4 Å². The lowest BCUT2D eigenvalue weighted by Gasteiger charge is -2.14. The molecular formula is C11H18ClN3O. The lowest BCUT2D eigenvalue weighted by molar-refractivity contribution is 0.0934. The molecule has 0 bridgehead atoms. The Bertz CT molecular complexity index is 362. The molecule has 0 aromatic carbocycles. The molecule has 0 spiro atoms. The van der Waals surface area contributed by atoms with Crippen molar-refractivity contribution >= 4 is 17.5 Å². The average Bonchev–Trinajstić information content (AvgIpc) is 2.57. The predicted molar refractivity (Wildman–Crippen MR) is 64.8 cm³/mol. The lowest BCUT2D eigenvalue weighted by atomic mass is 10.1. The highest BCUT2D eigenvalue weighted by atomic mass is 35.5. The van der Waals surface area contributed by atoms with E-state index in [0.717, 1.165) is 18.5 Å².